The van der Waals surface area contributed by atoms with Crippen molar-refractivity contribution in [2.75, 3.05) is 20.3 Å². The van der Waals surface area contributed by atoms with Gasteiger partial charge in [-0.2, -0.15) is 13.2 Å². The molecule has 0 radical (unpaired) electrons. The molecule has 0 spiro atoms. The molecule has 1 aliphatic rings. The van der Waals surface area contributed by atoms with Crippen LogP contribution >= 0.6 is 0 Å². The first-order valence-corrected chi connectivity index (χ1v) is 7.66. The number of nitrogens with zero attached hydrogens (tertiary/aromatic N) is 1. The summed E-state index contributed by atoms with van der Waals surface area (Å²) in [7, 11) is 1.87. The molecule has 2 aromatic rings. The van der Waals surface area contributed by atoms with E-state index in [-0.39, 0.29) is 11.1 Å². The van der Waals surface area contributed by atoms with E-state index in [1.165, 1.54) is 0 Å². The second kappa shape index (κ2) is 5.79. The highest BCUT2D eigenvalue weighted by Crippen LogP contribution is 2.35. The van der Waals surface area contributed by atoms with Gasteiger partial charge in [0.2, 0.25) is 0 Å². The topological polar surface area (TPSA) is 49.9 Å². The van der Waals surface area contributed by atoms with Crippen LogP contribution in [0.15, 0.2) is 12.1 Å². The van der Waals surface area contributed by atoms with Gasteiger partial charge in [-0.05, 0) is 44.5 Å². The molecular formula is C16H20F3N3O. The molecule has 4 nitrogen and oxygen atoms in total. The zero-order chi connectivity index (χ0) is 16.7. The van der Waals surface area contributed by atoms with Crippen LogP contribution in [0.1, 0.15) is 29.8 Å². The molecule has 1 saturated heterocycles. The minimum absolute atomic E-state index is 0.0661. The monoisotopic (exact) mass is 327 g/mol. The number of benzene rings is 1. The van der Waals surface area contributed by atoms with Crippen molar-refractivity contribution < 1.29 is 17.9 Å². The maximum atomic E-state index is 13.2. The predicted molar refractivity (Wildman–Crippen MR) is 81.4 cm³/mol. The number of rotatable bonds is 3. The van der Waals surface area contributed by atoms with E-state index in [0.29, 0.717) is 36.5 Å². The van der Waals surface area contributed by atoms with E-state index in [2.05, 4.69) is 15.3 Å². The zero-order valence-corrected chi connectivity index (χ0v) is 13.2. The highest BCUT2D eigenvalue weighted by atomic mass is 19.4. The van der Waals surface area contributed by atoms with Crippen LogP contribution in [-0.2, 0) is 17.3 Å². The molecule has 2 heterocycles. The van der Waals surface area contributed by atoms with E-state index < -0.39 is 11.7 Å². The Balaban J connectivity index is 2.00. The Morgan fingerprint density at radius 2 is 2.00 bits per heavy atom. The number of aromatic amines is 1. The van der Waals surface area contributed by atoms with Crippen LogP contribution in [0, 0.1) is 6.92 Å². The summed E-state index contributed by atoms with van der Waals surface area (Å²) < 4.78 is 45.1. The maximum absolute atomic E-state index is 13.2. The summed E-state index contributed by atoms with van der Waals surface area (Å²) in [6.07, 6.45) is -2.22. The standard InChI is InChI=1S/C16H20F3N3O/c1-10-7-11(16(17,18)19)14-12(8-10)21-13(22-14)9-15(20-2)3-5-23-6-4-15/h7-8,20H,3-6,9H2,1-2H3,(H,21,22). The third kappa shape index (κ3) is 3.21. The molecule has 7 heteroatoms. The van der Waals surface area contributed by atoms with Crippen molar-refractivity contribution in [1.29, 1.82) is 0 Å². The largest absolute Gasteiger partial charge is 0.418 e. The van der Waals surface area contributed by atoms with E-state index >= 15 is 0 Å². The SMILES string of the molecule is CNC1(Cc2nc3cc(C)cc(C(F)(F)F)c3[nH]2)CCOCC1. The molecular weight excluding hydrogens is 307 g/mol. The van der Waals surface area contributed by atoms with E-state index in [9.17, 15) is 13.2 Å². The first-order valence-electron chi connectivity index (χ1n) is 7.66. The van der Waals surface area contributed by atoms with Gasteiger partial charge in [-0.25, -0.2) is 4.98 Å². The van der Waals surface area contributed by atoms with Gasteiger partial charge in [0.05, 0.1) is 16.6 Å². The summed E-state index contributed by atoms with van der Waals surface area (Å²) in [5, 5.41) is 3.30. The van der Waals surface area contributed by atoms with Crippen LogP contribution in [-0.4, -0.2) is 35.8 Å². The van der Waals surface area contributed by atoms with Crippen LogP contribution < -0.4 is 5.32 Å². The molecule has 0 aliphatic carbocycles. The first kappa shape index (κ1) is 16.3. The van der Waals surface area contributed by atoms with Gasteiger partial charge in [0, 0.05) is 25.2 Å². The van der Waals surface area contributed by atoms with Crippen LogP contribution in [0.2, 0.25) is 0 Å². The molecule has 126 valence electrons. The van der Waals surface area contributed by atoms with Crippen molar-refractivity contribution in [2.45, 2.75) is 37.9 Å². The highest BCUT2D eigenvalue weighted by molar-refractivity contribution is 5.80. The number of hydrogen-bond acceptors (Lipinski definition) is 3. The number of aryl methyl sites for hydroxylation is 1. The Kier molecular flexibility index (Phi) is 4.10. The van der Waals surface area contributed by atoms with Gasteiger partial charge >= 0.3 is 6.18 Å². The average Bonchev–Trinajstić information content (AvgIpc) is 2.88. The third-order valence-electron chi connectivity index (χ3n) is 4.58. The Morgan fingerprint density at radius 1 is 1.30 bits per heavy atom. The van der Waals surface area contributed by atoms with Gasteiger partial charge in [0.25, 0.3) is 0 Å². The van der Waals surface area contributed by atoms with Crippen molar-refractivity contribution in [3.05, 3.63) is 29.1 Å². The Hall–Kier alpha value is -1.60. The zero-order valence-electron chi connectivity index (χ0n) is 13.2. The molecule has 1 fully saturated rings. The normalized spacial score (nSPS) is 18.5. The van der Waals surface area contributed by atoms with Gasteiger partial charge in [-0.1, -0.05) is 0 Å². The average molecular weight is 327 g/mol. The van der Waals surface area contributed by atoms with Gasteiger partial charge in [0.15, 0.2) is 0 Å². The second-order valence-corrected chi connectivity index (χ2v) is 6.21. The number of halogens is 3. The summed E-state index contributed by atoms with van der Waals surface area (Å²) in [6, 6.07) is 2.84. The fourth-order valence-electron chi connectivity index (χ4n) is 3.21. The van der Waals surface area contributed by atoms with Gasteiger partial charge in [0.1, 0.15) is 5.82 Å². The number of imidazole rings is 1. The summed E-state index contributed by atoms with van der Waals surface area (Å²) >= 11 is 0. The van der Waals surface area contributed by atoms with E-state index in [0.717, 1.165) is 18.9 Å². The maximum Gasteiger partial charge on any atom is 0.418 e. The number of nitrogens with one attached hydrogen (secondary N) is 2. The van der Waals surface area contributed by atoms with Crippen molar-refractivity contribution in [1.82, 2.24) is 15.3 Å². The molecule has 0 saturated carbocycles. The van der Waals surface area contributed by atoms with E-state index in [4.69, 9.17) is 4.74 Å². The summed E-state index contributed by atoms with van der Waals surface area (Å²) in [5.41, 5.74) is 0.149. The Morgan fingerprint density at radius 3 is 2.61 bits per heavy atom. The first-order chi connectivity index (χ1) is 10.8. The number of H-pyrrole nitrogens is 1. The number of fused-ring (bicyclic) bond motifs is 1. The number of likely N-dealkylation sites (N-methyl/N-ethyl adjacent to an activating group) is 1. The lowest BCUT2D eigenvalue weighted by molar-refractivity contribution is -0.136. The molecule has 1 aromatic heterocycles. The van der Waals surface area contributed by atoms with Crippen LogP contribution in [0.25, 0.3) is 11.0 Å². The fraction of sp³-hybridized carbons (Fsp3) is 0.562. The Labute approximate surface area is 132 Å². The minimum atomic E-state index is -4.40. The molecule has 0 unspecified atom stereocenters. The number of aromatic nitrogens is 2. The molecule has 3 rings (SSSR count). The van der Waals surface area contributed by atoms with Crippen LogP contribution in [0.3, 0.4) is 0 Å². The fourth-order valence-corrected chi connectivity index (χ4v) is 3.21. The number of alkyl halides is 3. The minimum Gasteiger partial charge on any atom is -0.381 e. The summed E-state index contributed by atoms with van der Waals surface area (Å²) in [6.45, 7) is 2.94. The van der Waals surface area contributed by atoms with Gasteiger partial charge in [-0.3, -0.25) is 0 Å². The molecule has 0 amide bonds. The molecule has 0 bridgehead atoms. The van der Waals surface area contributed by atoms with Crippen LogP contribution in [0.4, 0.5) is 13.2 Å². The highest BCUT2D eigenvalue weighted by Gasteiger charge is 2.35. The smallest absolute Gasteiger partial charge is 0.381 e. The van der Waals surface area contributed by atoms with E-state index in [1.54, 1.807) is 13.0 Å². The molecule has 1 aromatic carbocycles. The molecule has 23 heavy (non-hydrogen) atoms. The van der Waals surface area contributed by atoms with Crippen molar-refractivity contribution in [2.24, 2.45) is 0 Å². The van der Waals surface area contributed by atoms with Gasteiger partial charge in [-0.15, -0.1) is 0 Å². The Bertz CT molecular complexity index is 702. The van der Waals surface area contributed by atoms with Crippen molar-refractivity contribution in [3.63, 3.8) is 0 Å². The van der Waals surface area contributed by atoms with Gasteiger partial charge < -0.3 is 15.0 Å². The lowest BCUT2D eigenvalue weighted by atomic mass is 9.86. The number of ether oxygens (including phenoxy) is 1. The van der Waals surface area contributed by atoms with Crippen molar-refractivity contribution in [3.8, 4) is 0 Å². The lowest BCUT2D eigenvalue weighted by Gasteiger charge is -2.36. The lowest BCUT2D eigenvalue weighted by Crippen LogP contribution is -2.49. The molecule has 1 aliphatic heterocycles. The number of hydrogen-bond donors (Lipinski definition) is 2. The van der Waals surface area contributed by atoms with E-state index in [1.807, 2.05) is 7.05 Å². The van der Waals surface area contributed by atoms with Crippen LogP contribution in [0.5, 0.6) is 0 Å². The predicted octanol–water partition coefficient (Wildman–Crippen LogP) is 3.20. The van der Waals surface area contributed by atoms with Crippen molar-refractivity contribution >= 4 is 11.0 Å². The quantitative estimate of drug-likeness (QED) is 0.910. The summed E-state index contributed by atoms with van der Waals surface area (Å²) in [5.74, 6) is 0.576. The second-order valence-electron chi connectivity index (χ2n) is 6.21. The molecule has 2 N–H and O–H groups in total. The molecule has 0 atom stereocenters. The summed E-state index contributed by atoms with van der Waals surface area (Å²) in [4.78, 5) is 7.29. The third-order valence-corrected chi connectivity index (χ3v) is 4.58.